The van der Waals surface area contributed by atoms with E-state index in [0.717, 1.165) is 64.1 Å². The molecule has 0 spiro atoms. The molecule has 1 aliphatic carbocycles. The quantitative estimate of drug-likeness (QED) is 0.247. The molecule has 5 rings (SSSR count). The summed E-state index contributed by atoms with van der Waals surface area (Å²) in [6, 6.07) is 22.9. The van der Waals surface area contributed by atoms with E-state index in [-0.39, 0.29) is 6.10 Å². The highest BCUT2D eigenvalue weighted by molar-refractivity contribution is 5.92. The van der Waals surface area contributed by atoms with Crippen molar-refractivity contribution in [3.8, 4) is 22.6 Å². The molecule has 38 heavy (non-hydrogen) atoms. The van der Waals surface area contributed by atoms with Gasteiger partial charge in [-0.05, 0) is 102 Å². The zero-order valence-electron chi connectivity index (χ0n) is 21.0. The molecule has 1 heterocycles. The third-order valence-corrected chi connectivity index (χ3v) is 6.83. The van der Waals surface area contributed by atoms with Crippen molar-refractivity contribution in [2.45, 2.75) is 38.0 Å². The SMILES string of the molecule is COc1ccc(C(=Cc2ccncc2)c2ccc(-c3ccc(C(F)(F)F)cc3)cc2)cc1OC1CCCC1. The third kappa shape index (κ3) is 5.91. The van der Waals surface area contributed by atoms with Crippen LogP contribution < -0.4 is 9.47 Å². The molecule has 3 aromatic carbocycles. The fourth-order valence-corrected chi connectivity index (χ4v) is 4.78. The van der Waals surface area contributed by atoms with Crippen LogP contribution in [0.2, 0.25) is 0 Å². The predicted molar refractivity (Wildman–Crippen MR) is 144 cm³/mol. The molecule has 4 aromatic rings. The number of halogens is 3. The highest BCUT2D eigenvalue weighted by Crippen LogP contribution is 2.37. The summed E-state index contributed by atoms with van der Waals surface area (Å²) in [6.07, 6.45) is 5.85. The lowest BCUT2D eigenvalue weighted by Gasteiger charge is -2.18. The van der Waals surface area contributed by atoms with Crippen molar-refractivity contribution in [3.05, 3.63) is 114 Å². The smallest absolute Gasteiger partial charge is 0.416 e. The largest absolute Gasteiger partial charge is 0.493 e. The zero-order chi connectivity index (χ0) is 26.5. The molecule has 0 unspecified atom stereocenters. The van der Waals surface area contributed by atoms with Gasteiger partial charge in [0, 0.05) is 12.4 Å². The molecule has 194 valence electrons. The van der Waals surface area contributed by atoms with Crippen LogP contribution in [0.3, 0.4) is 0 Å². The molecule has 1 aromatic heterocycles. The number of methoxy groups -OCH3 is 1. The summed E-state index contributed by atoms with van der Waals surface area (Å²) >= 11 is 0. The van der Waals surface area contributed by atoms with Crippen LogP contribution in [0.4, 0.5) is 13.2 Å². The molecular formula is C32H28F3NO2. The molecule has 0 atom stereocenters. The fourth-order valence-electron chi connectivity index (χ4n) is 4.78. The van der Waals surface area contributed by atoms with Crippen molar-refractivity contribution in [2.24, 2.45) is 0 Å². The van der Waals surface area contributed by atoms with Crippen LogP contribution in [0, 0.1) is 0 Å². The number of alkyl halides is 3. The summed E-state index contributed by atoms with van der Waals surface area (Å²) in [7, 11) is 1.64. The van der Waals surface area contributed by atoms with Gasteiger partial charge in [-0.25, -0.2) is 0 Å². The lowest BCUT2D eigenvalue weighted by atomic mass is 9.93. The van der Waals surface area contributed by atoms with E-state index in [2.05, 4.69) is 11.1 Å². The lowest BCUT2D eigenvalue weighted by molar-refractivity contribution is -0.137. The van der Waals surface area contributed by atoms with Gasteiger partial charge < -0.3 is 9.47 Å². The van der Waals surface area contributed by atoms with E-state index in [4.69, 9.17) is 9.47 Å². The first-order valence-electron chi connectivity index (χ1n) is 12.7. The van der Waals surface area contributed by atoms with Crippen LogP contribution in [0.15, 0.2) is 91.3 Å². The standard InChI is InChI=1S/C32H28F3NO2/c1-37-30-15-12-26(21-31(30)38-28-4-2-3-5-28)29(20-22-16-18-36-19-17-22)25-8-6-23(7-9-25)24-10-13-27(14-11-24)32(33,34)35/h6-21,28H,2-5H2,1H3. The van der Waals surface area contributed by atoms with Gasteiger partial charge in [-0.15, -0.1) is 0 Å². The van der Waals surface area contributed by atoms with Crippen molar-refractivity contribution in [1.82, 2.24) is 4.98 Å². The lowest BCUT2D eigenvalue weighted by Crippen LogP contribution is -2.11. The van der Waals surface area contributed by atoms with Gasteiger partial charge in [0.25, 0.3) is 0 Å². The van der Waals surface area contributed by atoms with Gasteiger partial charge in [0.05, 0.1) is 18.8 Å². The van der Waals surface area contributed by atoms with E-state index < -0.39 is 11.7 Å². The molecule has 3 nitrogen and oxygen atoms in total. The van der Waals surface area contributed by atoms with Crippen molar-refractivity contribution in [3.63, 3.8) is 0 Å². The Bertz CT molecular complexity index is 1390. The summed E-state index contributed by atoms with van der Waals surface area (Å²) in [6.45, 7) is 0. The number of pyridine rings is 1. The Morgan fingerprint density at radius 3 is 2.00 bits per heavy atom. The molecule has 1 saturated carbocycles. The average Bonchev–Trinajstić information content (AvgIpc) is 3.45. The monoisotopic (exact) mass is 515 g/mol. The summed E-state index contributed by atoms with van der Waals surface area (Å²) in [5.41, 5.74) is 4.82. The molecule has 0 radical (unpaired) electrons. The van der Waals surface area contributed by atoms with Gasteiger partial charge in [-0.2, -0.15) is 13.2 Å². The highest BCUT2D eigenvalue weighted by atomic mass is 19.4. The number of ether oxygens (including phenoxy) is 2. The minimum Gasteiger partial charge on any atom is -0.493 e. The van der Waals surface area contributed by atoms with E-state index in [1.54, 1.807) is 19.5 Å². The predicted octanol–water partition coefficient (Wildman–Crippen LogP) is 8.69. The normalized spacial score (nSPS) is 14.5. The molecule has 6 heteroatoms. The zero-order valence-corrected chi connectivity index (χ0v) is 21.0. The fraction of sp³-hybridized carbons (Fsp3) is 0.219. The maximum Gasteiger partial charge on any atom is 0.416 e. The Balaban J connectivity index is 1.51. The van der Waals surface area contributed by atoms with E-state index >= 15 is 0 Å². The molecular weight excluding hydrogens is 487 g/mol. The number of aromatic nitrogens is 1. The van der Waals surface area contributed by atoms with Crippen LogP contribution in [0.5, 0.6) is 11.5 Å². The Hall–Kier alpha value is -4.06. The van der Waals surface area contributed by atoms with Gasteiger partial charge in [-0.1, -0.05) is 42.5 Å². The van der Waals surface area contributed by atoms with Crippen LogP contribution in [0.1, 0.15) is 47.9 Å². The average molecular weight is 516 g/mol. The van der Waals surface area contributed by atoms with Crippen molar-refractivity contribution >= 4 is 11.6 Å². The van der Waals surface area contributed by atoms with Gasteiger partial charge in [0.15, 0.2) is 11.5 Å². The Labute approximate surface area is 220 Å². The van der Waals surface area contributed by atoms with Gasteiger partial charge in [0.1, 0.15) is 0 Å². The number of hydrogen-bond donors (Lipinski definition) is 0. The van der Waals surface area contributed by atoms with E-state index in [1.165, 1.54) is 25.0 Å². The molecule has 0 bridgehead atoms. The van der Waals surface area contributed by atoms with Gasteiger partial charge in [-0.3, -0.25) is 4.98 Å². The van der Waals surface area contributed by atoms with Crippen LogP contribution >= 0.6 is 0 Å². The van der Waals surface area contributed by atoms with E-state index in [0.29, 0.717) is 5.75 Å². The number of hydrogen-bond acceptors (Lipinski definition) is 3. The number of nitrogens with zero attached hydrogens (tertiary/aromatic N) is 1. The maximum atomic E-state index is 13.0. The molecule has 0 N–H and O–H groups in total. The van der Waals surface area contributed by atoms with Crippen molar-refractivity contribution < 1.29 is 22.6 Å². The summed E-state index contributed by atoms with van der Waals surface area (Å²) in [5.74, 6) is 1.42. The Kier molecular flexibility index (Phi) is 7.50. The second kappa shape index (κ2) is 11.1. The number of benzene rings is 3. The topological polar surface area (TPSA) is 31.4 Å². The number of rotatable bonds is 7. The van der Waals surface area contributed by atoms with E-state index in [1.807, 2.05) is 54.6 Å². The van der Waals surface area contributed by atoms with Crippen LogP contribution in [0.25, 0.3) is 22.8 Å². The van der Waals surface area contributed by atoms with Gasteiger partial charge >= 0.3 is 6.18 Å². The molecule has 0 aliphatic heterocycles. The van der Waals surface area contributed by atoms with E-state index in [9.17, 15) is 13.2 Å². The Morgan fingerprint density at radius 2 is 1.39 bits per heavy atom. The maximum absolute atomic E-state index is 13.0. The first kappa shape index (κ1) is 25.6. The molecule has 1 aliphatic rings. The van der Waals surface area contributed by atoms with Crippen molar-refractivity contribution in [1.29, 1.82) is 0 Å². The minimum absolute atomic E-state index is 0.190. The summed E-state index contributed by atoms with van der Waals surface area (Å²) in [4.78, 5) is 4.12. The van der Waals surface area contributed by atoms with Crippen molar-refractivity contribution in [2.75, 3.05) is 7.11 Å². The third-order valence-electron chi connectivity index (χ3n) is 6.83. The summed E-state index contributed by atoms with van der Waals surface area (Å²) < 4.78 is 50.8. The first-order valence-corrected chi connectivity index (χ1v) is 12.7. The Morgan fingerprint density at radius 1 is 0.789 bits per heavy atom. The minimum atomic E-state index is -4.35. The van der Waals surface area contributed by atoms with Crippen LogP contribution in [-0.2, 0) is 6.18 Å². The highest BCUT2D eigenvalue weighted by Gasteiger charge is 2.30. The first-order chi connectivity index (χ1) is 18.4. The molecule has 0 amide bonds. The van der Waals surface area contributed by atoms with Crippen LogP contribution in [-0.4, -0.2) is 18.2 Å². The summed E-state index contributed by atoms with van der Waals surface area (Å²) in [5, 5.41) is 0. The molecule has 1 fully saturated rings. The second-order valence-electron chi connectivity index (χ2n) is 9.38. The molecule has 0 saturated heterocycles. The second-order valence-corrected chi connectivity index (χ2v) is 9.38. The van der Waals surface area contributed by atoms with Gasteiger partial charge in [0.2, 0.25) is 0 Å².